The lowest BCUT2D eigenvalue weighted by Crippen LogP contribution is -2.07. The zero-order valence-electron chi connectivity index (χ0n) is 9.42. The summed E-state index contributed by atoms with van der Waals surface area (Å²) < 4.78 is 11.6. The van der Waals surface area contributed by atoms with Crippen LogP contribution in [0, 0.1) is 0 Å². The number of benzene rings is 1. The Balaban J connectivity index is 2.59. The van der Waals surface area contributed by atoms with Crippen LogP contribution in [0.5, 0.6) is 0 Å². The molecule has 0 aliphatic rings. The van der Waals surface area contributed by atoms with Crippen LogP contribution in [-0.2, 0) is 21.0 Å². The molecular formula is C11H9BrN2O4. The third-order valence-electron chi connectivity index (χ3n) is 2.36. The van der Waals surface area contributed by atoms with Gasteiger partial charge in [-0.25, -0.2) is 9.48 Å². The van der Waals surface area contributed by atoms with Crippen LogP contribution >= 0.6 is 15.9 Å². The van der Waals surface area contributed by atoms with Gasteiger partial charge in [0.1, 0.15) is 0 Å². The molecule has 0 saturated heterocycles. The first-order valence-electron chi connectivity index (χ1n) is 4.97. The Morgan fingerprint density at radius 3 is 3.00 bits per heavy atom. The number of hydrogen-bond donors (Lipinski definition) is 0. The van der Waals surface area contributed by atoms with Crippen molar-refractivity contribution < 1.29 is 19.1 Å². The summed E-state index contributed by atoms with van der Waals surface area (Å²) in [6.07, 6.45) is 0. The summed E-state index contributed by atoms with van der Waals surface area (Å²) in [7, 11) is 1.29. The number of esters is 1. The van der Waals surface area contributed by atoms with Crippen molar-refractivity contribution >= 4 is 39.3 Å². The van der Waals surface area contributed by atoms with Gasteiger partial charge in [0.15, 0.2) is 12.4 Å². The first-order chi connectivity index (χ1) is 8.67. The maximum absolute atomic E-state index is 11.6. The largest absolute Gasteiger partial charge is 0.464 e. The molecule has 2 aromatic rings. The van der Waals surface area contributed by atoms with Gasteiger partial charge in [-0.15, -0.1) is 0 Å². The Morgan fingerprint density at radius 1 is 1.56 bits per heavy atom. The van der Waals surface area contributed by atoms with Crippen LogP contribution < -0.4 is 0 Å². The fourth-order valence-electron chi connectivity index (χ4n) is 1.59. The van der Waals surface area contributed by atoms with E-state index in [2.05, 4.69) is 30.5 Å². The van der Waals surface area contributed by atoms with Crippen molar-refractivity contribution in [2.24, 2.45) is 0 Å². The van der Waals surface area contributed by atoms with Crippen LogP contribution in [0.3, 0.4) is 0 Å². The van der Waals surface area contributed by atoms with Crippen LogP contribution in [0.25, 0.3) is 10.9 Å². The third kappa shape index (κ3) is 2.21. The molecular weight excluding hydrogens is 304 g/mol. The van der Waals surface area contributed by atoms with Crippen molar-refractivity contribution in [3.8, 4) is 0 Å². The molecule has 0 N–H and O–H groups in total. The molecule has 0 atom stereocenters. The van der Waals surface area contributed by atoms with Crippen molar-refractivity contribution in [2.75, 3.05) is 7.11 Å². The summed E-state index contributed by atoms with van der Waals surface area (Å²) in [6.45, 7) is 0.261. The Hall–Kier alpha value is -1.89. The van der Waals surface area contributed by atoms with E-state index in [1.165, 1.54) is 11.8 Å². The Bertz CT molecular complexity index is 608. The number of rotatable bonds is 4. The third-order valence-corrected chi connectivity index (χ3v) is 2.85. The van der Waals surface area contributed by atoms with Crippen LogP contribution in [0.1, 0.15) is 10.5 Å². The second kappa shape index (κ2) is 5.18. The van der Waals surface area contributed by atoms with E-state index in [1.54, 1.807) is 18.2 Å². The zero-order valence-corrected chi connectivity index (χ0v) is 11.0. The first-order valence-corrected chi connectivity index (χ1v) is 5.76. The molecule has 1 aromatic carbocycles. The van der Waals surface area contributed by atoms with Crippen LogP contribution in [0.15, 0.2) is 22.7 Å². The maximum Gasteiger partial charge on any atom is 0.359 e. The average Bonchev–Trinajstić information content (AvgIpc) is 2.73. The minimum Gasteiger partial charge on any atom is -0.464 e. The first kappa shape index (κ1) is 12.6. The Kier molecular flexibility index (Phi) is 3.61. The van der Waals surface area contributed by atoms with Crippen molar-refractivity contribution in [1.29, 1.82) is 0 Å². The van der Waals surface area contributed by atoms with E-state index >= 15 is 0 Å². The number of carbonyl (C=O) groups is 2. The minimum absolute atomic E-state index is 0.0621. The molecule has 18 heavy (non-hydrogen) atoms. The lowest BCUT2D eigenvalue weighted by atomic mass is 10.2. The fourth-order valence-corrected chi connectivity index (χ4v) is 1.94. The number of aromatic nitrogens is 2. The van der Waals surface area contributed by atoms with E-state index in [1.807, 2.05) is 0 Å². The summed E-state index contributed by atoms with van der Waals surface area (Å²) in [5.74, 6) is -0.535. The molecule has 6 nitrogen and oxygen atoms in total. The number of methoxy groups -OCH3 is 1. The second-order valence-corrected chi connectivity index (χ2v) is 4.31. The molecule has 7 heteroatoms. The molecule has 2 rings (SSSR count). The summed E-state index contributed by atoms with van der Waals surface area (Å²) in [6, 6.07) is 5.32. The van der Waals surface area contributed by atoms with E-state index in [9.17, 15) is 9.59 Å². The summed E-state index contributed by atoms with van der Waals surface area (Å²) >= 11 is 3.33. The predicted molar refractivity (Wildman–Crippen MR) is 65.9 cm³/mol. The molecule has 0 radical (unpaired) electrons. The number of halogens is 1. The van der Waals surface area contributed by atoms with Gasteiger partial charge >= 0.3 is 5.97 Å². The van der Waals surface area contributed by atoms with Gasteiger partial charge in [-0.2, -0.15) is 5.10 Å². The van der Waals surface area contributed by atoms with Gasteiger partial charge < -0.3 is 9.47 Å². The quantitative estimate of drug-likeness (QED) is 0.635. The molecule has 0 aliphatic heterocycles. The van der Waals surface area contributed by atoms with E-state index in [0.29, 0.717) is 17.4 Å². The highest BCUT2D eigenvalue weighted by Gasteiger charge is 2.17. The van der Waals surface area contributed by atoms with Gasteiger partial charge in [0, 0.05) is 9.86 Å². The van der Waals surface area contributed by atoms with Gasteiger partial charge in [-0.05, 0) is 18.2 Å². The molecule has 1 heterocycles. The Morgan fingerprint density at radius 2 is 2.33 bits per heavy atom. The number of fused-ring (bicyclic) bond motifs is 1. The smallest absolute Gasteiger partial charge is 0.359 e. The molecule has 1 aromatic heterocycles. The number of nitrogens with zero attached hydrogens (tertiary/aromatic N) is 2. The normalized spacial score (nSPS) is 10.3. The summed E-state index contributed by atoms with van der Waals surface area (Å²) in [5, 5.41) is 4.71. The van der Waals surface area contributed by atoms with Crippen LogP contribution in [0.2, 0.25) is 0 Å². The van der Waals surface area contributed by atoms with E-state index in [4.69, 9.17) is 0 Å². The highest BCUT2D eigenvalue weighted by Crippen LogP contribution is 2.23. The summed E-state index contributed by atoms with van der Waals surface area (Å²) in [4.78, 5) is 21.8. The molecule has 0 fully saturated rings. The monoisotopic (exact) mass is 312 g/mol. The SMILES string of the molecule is COC(=O)c1nn(COC=O)c2cc(Br)ccc12. The van der Waals surface area contributed by atoms with Crippen LogP contribution in [0.4, 0.5) is 0 Å². The molecule has 0 amide bonds. The Labute approximate surface area is 111 Å². The number of carbonyl (C=O) groups excluding carboxylic acids is 2. The molecule has 0 bridgehead atoms. The van der Waals surface area contributed by atoms with Crippen LogP contribution in [-0.4, -0.2) is 29.3 Å². The predicted octanol–water partition coefficient (Wildman–Crippen LogP) is 1.72. The van der Waals surface area contributed by atoms with Gasteiger partial charge in [0.05, 0.1) is 12.6 Å². The lowest BCUT2D eigenvalue weighted by molar-refractivity contribution is -0.132. The minimum atomic E-state index is -0.535. The summed E-state index contributed by atoms with van der Waals surface area (Å²) in [5.41, 5.74) is 0.862. The number of ether oxygens (including phenoxy) is 2. The van der Waals surface area contributed by atoms with Gasteiger partial charge in [-0.1, -0.05) is 15.9 Å². The number of hydrogen-bond acceptors (Lipinski definition) is 5. The zero-order chi connectivity index (χ0) is 13.1. The fraction of sp³-hybridized carbons (Fsp3) is 0.182. The highest BCUT2D eigenvalue weighted by molar-refractivity contribution is 9.10. The second-order valence-electron chi connectivity index (χ2n) is 3.39. The van der Waals surface area contributed by atoms with Crippen molar-refractivity contribution in [1.82, 2.24) is 9.78 Å². The van der Waals surface area contributed by atoms with Gasteiger partial charge in [-0.3, -0.25) is 4.79 Å². The lowest BCUT2D eigenvalue weighted by Gasteiger charge is -2.00. The van der Waals surface area contributed by atoms with Crippen molar-refractivity contribution in [3.63, 3.8) is 0 Å². The molecule has 0 aliphatic carbocycles. The van der Waals surface area contributed by atoms with E-state index in [-0.39, 0.29) is 12.4 Å². The molecule has 0 unspecified atom stereocenters. The van der Waals surface area contributed by atoms with E-state index in [0.717, 1.165) is 4.47 Å². The molecule has 0 spiro atoms. The van der Waals surface area contributed by atoms with E-state index < -0.39 is 5.97 Å². The molecule has 94 valence electrons. The van der Waals surface area contributed by atoms with Crippen molar-refractivity contribution in [3.05, 3.63) is 28.4 Å². The van der Waals surface area contributed by atoms with Gasteiger partial charge in [0.2, 0.25) is 0 Å². The molecule has 0 saturated carbocycles. The average molecular weight is 313 g/mol. The standard InChI is InChI=1S/C11H9BrN2O4/c1-17-11(16)10-8-3-2-7(12)4-9(8)14(13-10)5-18-6-15/h2-4,6H,5H2,1H3. The van der Waals surface area contributed by atoms with Gasteiger partial charge in [0.25, 0.3) is 6.47 Å². The highest BCUT2D eigenvalue weighted by atomic mass is 79.9. The topological polar surface area (TPSA) is 70.4 Å². The van der Waals surface area contributed by atoms with Crippen molar-refractivity contribution in [2.45, 2.75) is 6.73 Å². The maximum atomic E-state index is 11.6.